The number of non-ortho nitro benzene ring substituents is 1. The molecular weight excluding hydrogens is 412 g/mol. The lowest BCUT2D eigenvalue weighted by Gasteiger charge is -2.37. The van der Waals surface area contributed by atoms with Crippen molar-refractivity contribution in [2.45, 2.75) is 31.3 Å². The topological polar surface area (TPSA) is 113 Å². The van der Waals surface area contributed by atoms with Gasteiger partial charge in [-0.3, -0.25) is 19.8 Å². The number of carbonyl (C=O) groups excluding carboxylic acids is 1. The van der Waals surface area contributed by atoms with E-state index in [-0.39, 0.29) is 42.2 Å². The number of rotatable bonds is 6. The minimum atomic E-state index is -3.84. The monoisotopic (exact) mass is 440 g/mol. The van der Waals surface area contributed by atoms with Gasteiger partial charge in [0, 0.05) is 51.4 Å². The standard InChI is InChI=1S/C19H28N4O6S/c1-3-17-13-21(10-11-29-17)19(24)14-20-6-8-22(9-7-20)30(27,28)18-12-16(23(25)26)5-4-15(18)2/h4-5,12,17H,3,6-11,13-14H2,1-2H3. The van der Waals surface area contributed by atoms with E-state index < -0.39 is 14.9 Å². The summed E-state index contributed by atoms with van der Waals surface area (Å²) in [6, 6.07) is 3.86. The van der Waals surface area contributed by atoms with E-state index in [0.717, 1.165) is 12.5 Å². The number of nitro benzene ring substituents is 1. The Labute approximate surface area is 176 Å². The summed E-state index contributed by atoms with van der Waals surface area (Å²) < 4.78 is 33.0. The van der Waals surface area contributed by atoms with Gasteiger partial charge in [0.2, 0.25) is 15.9 Å². The fourth-order valence-electron chi connectivity index (χ4n) is 3.73. The summed E-state index contributed by atoms with van der Waals surface area (Å²) in [5.74, 6) is 0.0302. The van der Waals surface area contributed by atoms with Gasteiger partial charge in [0.05, 0.1) is 29.1 Å². The molecule has 0 N–H and O–H groups in total. The van der Waals surface area contributed by atoms with Crippen LogP contribution in [-0.4, -0.2) is 91.9 Å². The average Bonchev–Trinajstić information content (AvgIpc) is 2.74. The van der Waals surface area contributed by atoms with E-state index in [2.05, 4.69) is 0 Å². The summed E-state index contributed by atoms with van der Waals surface area (Å²) in [6.45, 7) is 6.95. The van der Waals surface area contributed by atoms with Crippen LogP contribution in [0.2, 0.25) is 0 Å². The summed E-state index contributed by atoms with van der Waals surface area (Å²) in [5, 5.41) is 11.0. The van der Waals surface area contributed by atoms with Crippen LogP contribution < -0.4 is 0 Å². The number of morpholine rings is 1. The molecule has 1 unspecified atom stereocenters. The molecule has 1 amide bonds. The Kier molecular flexibility index (Phi) is 7.06. The molecule has 2 aliphatic heterocycles. The minimum absolute atomic E-state index is 0.0302. The van der Waals surface area contributed by atoms with E-state index in [1.807, 2.05) is 16.7 Å². The first-order chi connectivity index (χ1) is 14.2. The van der Waals surface area contributed by atoms with Gasteiger partial charge in [0.1, 0.15) is 0 Å². The third-order valence-corrected chi connectivity index (χ3v) is 7.68. The van der Waals surface area contributed by atoms with Crippen molar-refractivity contribution in [3.8, 4) is 0 Å². The third kappa shape index (κ3) is 4.97. The maximum atomic E-state index is 13.0. The van der Waals surface area contributed by atoms with Crippen molar-refractivity contribution in [3.63, 3.8) is 0 Å². The average molecular weight is 441 g/mol. The van der Waals surface area contributed by atoms with Gasteiger partial charge in [-0.2, -0.15) is 4.31 Å². The zero-order valence-electron chi connectivity index (χ0n) is 17.3. The zero-order valence-corrected chi connectivity index (χ0v) is 18.1. The Morgan fingerprint density at radius 1 is 1.23 bits per heavy atom. The number of aryl methyl sites for hydroxylation is 1. The number of carbonyl (C=O) groups is 1. The molecule has 1 aromatic rings. The molecule has 10 nitrogen and oxygen atoms in total. The van der Waals surface area contributed by atoms with E-state index in [9.17, 15) is 23.3 Å². The number of hydrogen-bond acceptors (Lipinski definition) is 7. The van der Waals surface area contributed by atoms with Gasteiger partial charge in [0.15, 0.2) is 0 Å². The zero-order chi connectivity index (χ0) is 21.9. The van der Waals surface area contributed by atoms with Crippen LogP contribution in [-0.2, 0) is 19.6 Å². The van der Waals surface area contributed by atoms with Crippen molar-refractivity contribution >= 4 is 21.6 Å². The van der Waals surface area contributed by atoms with Gasteiger partial charge >= 0.3 is 0 Å². The van der Waals surface area contributed by atoms with Crippen molar-refractivity contribution in [1.82, 2.24) is 14.1 Å². The van der Waals surface area contributed by atoms with Gasteiger partial charge in [-0.25, -0.2) is 8.42 Å². The van der Waals surface area contributed by atoms with Crippen LogP contribution in [0.15, 0.2) is 23.1 Å². The molecule has 30 heavy (non-hydrogen) atoms. The predicted octanol–water partition coefficient (Wildman–Crippen LogP) is 0.847. The second-order valence-corrected chi connectivity index (χ2v) is 9.53. The van der Waals surface area contributed by atoms with Gasteiger partial charge in [-0.05, 0) is 18.9 Å². The second-order valence-electron chi connectivity index (χ2n) is 7.63. The number of sulfonamides is 1. The molecule has 0 saturated carbocycles. The largest absolute Gasteiger partial charge is 0.375 e. The van der Waals surface area contributed by atoms with Crippen LogP contribution in [0.5, 0.6) is 0 Å². The molecule has 3 rings (SSSR count). The lowest BCUT2D eigenvalue weighted by atomic mass is 10.2. The summed E-state index contributed by atoms with van der Waals surface area (Å²) in [6.07, 6.45) is 0.931. The molecule has 1 aromatic carbocycles. The highest BCUT2D eigenvalue weighted by atomic mass is 32.2. The maximum absolute atomic E-state index is 13.0. The molecule has 2 saturated heterocycles. The number of nitro groups is 1. The van der Waals surface area contributed by atoms with Crippen molar-refractivity contribution in [2.24, 2.45) is 0 Å². The normalized spacial score (nSPS) is 21.5. The van der Waals surface area contributed by atoms with Crippen molar-refractivity contribution in [3.05, 3.63) is 33.9 Å². The molecule has 0 aliphatic carbocycles. The van der Waals surface area contributed by atoms with Crippen molar-refractivity contribution < 1.29 is 22.9 Å². The molecule has 0 spiro atoms. The summed E-state index contributed by atoms with van der Waals surface area (Å²) in [4.78, 5) is 26.8. The van der Waals surface area contributed by atoms with E-state index in [4.69, 9.17) is 4.74 Å². The Morgan fingerprint density at radius 3 is 2.57 bits per heavy atom. The van der Waals surface area contributed by atoms with E-state index >= 15 is 0 Å². The fraction of sp³-hybridized carbons (Fsp3) is 0.632. The molecule has 11 heteroatoms. The molecule has 0 radical (unpaired) electrons. The van der Waals surface area contributed by atoms with Gasteiger partial charge in [-0.1, -0.05) is 13.0 Å². The second kappa shape index (κ2) is 9.38. The predicted molar refractivity (Wildman–Crippen MR) is 110 cm³/mol. The molecule has 2 heterocycles. The number of nitrogens with zero attached hydrogens (tertiary/aromatic N) is 4. The molecule has 0 aromatic heterocycles. The van der Waals surface area contributed by atoms with Crippen LogP contribution in [0.3, 0.4) is 0 Å². The summed E-state index contributed by atoms with van der Waals surface area (Å²) in [7, 11) is -3.84. The highest BCUT2D eigenvalue weighted by molar-refractivity contribution is 7.89. The van der Waals surface area contributed by atoms with Crippen molar-refractivity contribution in [2.75, 3.05) is 52.4 Å². The van der Waals surface area contributed by atoms with Crippen LogP contribution in [0.4, 0.5) is 5.69 Å². The number of hydrogen-bond donors (Lipinski definition) is 0. The Hall–Kier alpha value is -2.08. The first-order valence-corrected chi connectivity index (χ1v) is 11.5. The molecule has 2 aliphatic rings. The molecular formula is C19H28N4O6S. The van der Waals surface area contributed by atoms with E-state index in [0.29, 0.717) is 38.3 Å². The van der Waals surface area contributed by atoms with Gasteiger partial charge in [0.25, 0.3) is 5.69 Å². The number of amides is 1. The highest BCUT2D eigenvalue weighted by Gasteiger charge is 2.32. The first kappa shape index (κ1) is 22.6. The van der Waals surface area contributed by atoms with Crippen LogP contribution >= 0.6 is 0 Å². The Morgan fingerprint density at radius 2 is 1.93 bits per heavy atom. The van der Waals surface area contributed by atoms with Crippen LogP contribution in [0, 0.1) is 17.0 Å². The fourth-order valence-corrected chi connectivity index (χ4v) is 5.40. The van der Waals surface area contributed by atoms with Crippen LogP contribution in [0.1, 0.15) is 18.9 Å². The van der Waals surface area contributed by atoms with E-state index in [1.165, 1.54) is 16.4 Å². The Balaban J connectivity index is 1.60. The number of ether oxygens (including phenoxy) is 1. The maximum Gasteiger partial charge on any atom is 0.270 e. The lowest BCUT2D eigenvalue weighted by molar-refractivity contribution is -0.385. The molecule has 0 bridgehead atoms. The summed E-state index contributed by atoms with van der Waals surface area (Å²) >= 11 is 0. The first-order valence-electron chi connectivity index (χ1n) is 10.1. The minimum Gasteiger partial charge on any atom is -0.375 e. The number of piperazine rings is 1. The highest BCUT2D eigenvalue weighted by Crippen LogP contribution is 2.25. The van der Waals surface area contributed by atoms with Crippen molar-refractivity contribution in [1.29, 1.82) is 0 Å². The smallest absolute Gasteiger partial charge is 0.270 e. The van der Waals surface area contributed by atoms with Gasteiger partial charge in [-0.15, -0.1) is 0 Å². The number of benzene rings is 1. The van der Waals surface area contributed by atoms with Crippen LogP contribution in [0.25, 0.3) is 0 Å². The third-order valence-electron chi connectivity index (χ3n) is 5.64. The molecule has 166 valence electrons. The van der Waals surface area contributed by atoms with Gasteiger partial charge < -0.3 is 9.64 Å². The lowest BCUT2D eigenvalue weighted by Crippen LogP contribution is -2.53. The summed E-state index contributed by atoms with van der Waals surface area (Å²) in [5.41, 5.74) is 0.218. The molecule has 2 fully saturated rings. The quantitative estimate of drug-likeness (QED) is 0.476. The SMILES string of the molecule is CCC1CN(C(=O)CN2CCN(S(=O)(=O)c3cc([N+](=O)[O-])ccc3C)CC2)CCO1. The van der Waals surface area contributed by atoms with E-state index in [1.54, 1.807) is 6.92 Å². The molecule has 1 atom stereocenters. The Bertz CT molecular complexity index is 898.